The van der Waals surface area contributed by atoms with Gasteiger partial charge in [0, 0.05) is 25.1 Å². The third-order valence-electron chi connectivity index (χ3n) is 4.03. The molecule has 2 aromatic rings. The molecule has 1 N–H and O–H groups in total. The van der Waals surface area contributed by atoms with E-state index < -0.39 is 0 Å². The van der Waals surface area contributed by atoms with E-state index in [0.29, 0.717) is 5.39 Å². The second-order valence-corrected chi connectivity index (χ2v) is 5.56. The van der Waals surface area contributed by atoms with E-state index in [4.69, 9.17) is 6.42 Å². The van der Waals surface area contributed by atoms with E-state index in [9.17, 15) is 4.79 Å². The van der Waals surface area contributed by atoms with Crippen molar-refractivity contribution in [1.29, 1.82) is 0 Å². The number of nitrogens with one attached hydrogen (secondary N) is 1. The maximum atomic E-state index is 12.0. The Labute approximate surface area is 129 Å². The number of hydrogen-bond donors (Lipinski definition) is 1. The molecular weight excluding hydrogens is 274 g/mol. The van der Waals surface area contributed by atoms with Crippen LogP contribution in [0, 0.1) is 12.3 Å². The Morgan fingerprint density at radius 2 is 2.23 bits per heavy atom. The molecule has 0 bridgehead atoms. The number of benzene rings is 1. The van der Waals surface area contributed by atoms with Crippen molar-refractivity contribution in [3.63, 3.8) is 0 Å². The zero-order valence-corrected chi connectivity index (χ0v) is 12.5. The lowest BCUT2D eigenvalue weighted by molar-refractivity contribution is 0.291. The lowest BCUT2D eigenvalue weighted by Gasteiger charge is -2.24. The molecule has 0 fully saturated rings. The Hall–Kier alpha value is -2.38. The number of nitrogens with zero attached hydrogens (tertiary/aromatic N) is 2. The molecule has 1 aromatic heterocycles. The summed E-state index contributed by atoms with van der Waals surface area (Å²) in [6.45, 7) is 2.92. The largest absolute Gasteiger partial charge is 0.310 e. The molecule has 22 heavy (non-hydrogen) atoms. The number of aromatic amines is 1. The fourth-order valence-corrected chi connectivity index (χ4v) is 2.77. The van der Waals surface area contributed by atoms with Crippen LogP contribution in [0.4, 0.5) is 0 Å². The van der Waals surface area contributed by atoms with Gasteiger partial charge >= 0.3 is 0 Å². The Balaban J connectivity index is 1.60. The van der Waals surface area contributed by atoms with Gasteiger partial charge < -0.3 is 4.98 Å². The van der Waals surface area contributed by atoms with E-state index in [-0.39, 0.29) is 5.56 Å². The Morgan fingerprint density at radius 1 is 1.36 bits per heavy atom. The second kappa shape index (κ2) is 6.59. The summed E-state index contributed by atoms with van der Waals surface area (Å²) in [5.74, 6) is 3.48. The van der Waals surface area contributed by atoms with Crippen LogP contribution >= 0.6 is 0 Å². The van der Waals surface area contributed by atoms with Gasteiger partial charge in [-0.2, -0.15) is 0 Å². The molecule has 0 atom stereocenters. The lowest BCUT2D eigenvalue weighted by atomic mass is 10.1. The molecule has 0 aliphatic carbocycles. The number of para-hydroxylation sites is 1. The van der Waals surface area contributed by atoms with Crippen molar-refractivity contribution in [3.8, 4) is 12.3 Å². The van der Waals surface area contributed by atoms with E-state index in [0.717, 1.165) is 55.8 Å². The molecule has 1 aliphatic heterocycles. The summed E-state index contributed by atoms with van der Waals surface area (Å²) >= 11 is 0. The SMILES string of the molecule is C#CC1=CCN(CCCc2nc3ccccc3c(=O)[nH]2)CC1. The van der Waals surface area contributed by atoms with Gasteiger partial charge in [0.1, 0.15) is 5.82 Å². The first kappa shape index (κ1) is 14.6. The van der Waals surface area contributed by atoms with Crippen LogP contribution < -0.4 is 5.56 Å². The summed E-state index contributed by atoms with van der Waals surface area (Å²) in [6, 6.07) is 7.44. The van der Waals surface area contributed by atoms with Crippen LogP contribution in [0.25, 0.3) is 10.9 Å². The molecule has 0 saturated carbocycles. The van der Waals surface area contributed by atoms with Crippen LogP contribution in [0.5, 0.6) is 0 Å². The Bertz CT molecular complexity index is 798. The first-order valence-corrected chi connectivity index (χ1v) is 7.62. The van der Waals surface area contributed by atoms with E-state index in [1.54, 1.807) is 6.07 Å². The summed E-state index contributed by atoms with van der Waals surface area (Å²) in [5, 5.41) is 0.647. The van der Waals surface area contributed by atoms with E-state index in [2.05, 4.69) is 26.9 Å². The van der Waals surface area contributed by atoms with Crippen LogP contribution in [-0.4, -0.2) is 34.5 Å². The molecule has 2 heterocycles. The molecule has 1 aromatic carbocycles. The molecule has 4 nitrogen and oxygen atoms in total. The summed E-state index contributed by atoms with van der Waals surface area (Å²) in [5.41, 5.74) is 1.82. The molecule has 0 amide bonds. The van der Waals surface area contributed by atoms with Crippen LogP contribution in [-0.2, 0) is 6.42 Å². The average Bonchev–Trinajstić information content (AvgIpc) is 2.56. The van der Waals surface area contributed by atoms with E-state index >= 15 is 0 Å². The molecule has 4 heteroatoms. The van der Waals surface area contributed by atoms with Gasteiger partial charge in [-0.15, -0.1) is 6.42 Å². The summed E-state index contributed by atoms with van der Waals surface area (Å²) < 4.78 is 0. The molecule has 0 saturated heterocycles. The van der Waals surface area contributed by atoms with Crippen LogP contribution in [0.3, 0.4) is 0 Å². The summed E-state index contributed by atoms with van der Waals surface area (Å²) in [7, 11) is 0. The maximum Gasteiger partial charge on any atom is 0.258 e. The van der Waals surface area contributed by atoms with Crippen molar-refractivity contribution >= 4 is 10.9 Å². The Morgan fingerprint density at radius 3 is 3.00 bits per heavy atom. The highest BCUT2D eigenvalue weighted by molar-refractivity contribution is 5.77. The second-order valence-electron chi connectivity index (χ2n) is 5.56. The average molecular weight is 293 g/mol. The monoisotopic (exact) mass is 293 g/mol. The number of rotatable bonds is 4. The molecule has 3 rings (SSSR count). The number of aromatic nitrogens is 2. The Kier molecular flexibility index (Phi) is 4.36. The minimum absolute atomic E-state index is 0.0554. The molecule has 0 spiro atoms. The third kappa shape index (κ3) is 3.26. The van der Waals surface area contributed by atoms with E-state index in [1.807, 2.05) is 18.2 Å². The van der Waals surface area contributed by atoms with Gasteiger partial charge in [-0.25, -0.2) is 4.98 Å². The first-order chi connectivity index (χ1) is 10.8. The first-order valence-electron chi connectivity index (χ1n) is 7.62. The van der Waals surface area contributed by atoms with Crippen molar-refractivity contribution in [3.05, 3.63) is 52.1 Å². The topological polar surface area (TPSA) is 49.0 Å². The number of fused-ring (bicyclic) bond motifs is 1. The van der Waals surface area contributed by atoms with E-state index in [1.165, 1.54) is 0 Å². The number of terminal acetylenes is 1. The molecular formula is C18H19N3O. The van der Waals surface area contributed by atoms with Crippen molar-refractivity contribution in [2.45, 2.75) is 19.3 Å². The summed E-state index contributed by atoms with van der Waals surface area (Å²) in [6.07, 6.45) is 10.2. The van der Waals surface area contributed by atoms with Gasteiger partial charge in [-0.1, -0.05) is 24.1 Å². The van der Waals surface area contributed by atoms with Gasteiger partial charge in [-0.3, -0.25) is 9.69 Å². The molecule has 0 unspecified atom stereocenters. The lowest BCUT2D eigenvalue weighted by Crippen LogP contribution is -2.30. The standard InChI is InChI=1S/C18H19N3O/c1-2-14-9-12-21(13-10-14)11-5-8-17-19-16-7-4-3-6-15(16)18(22)20-17/h1,3-4,6-7,9H,5,8,10-13H2,(H,19,20,22). The van der Waals surface area contributed by atoms with Gasteiger partial charge in [0.25, 0.3) is 5.56 Å². The zero-order chi connectivity index (χ0) is 15.4. The van der Waals surface area contributed by atoms with Gasteiger partial charge in [0.2, 0.25) is 0 Å². The molecule has 0 radical (unpaired) electrons. The highest BCUT2D eigenvalue weighted by Crippen LogP contribution is 2.11. The predicted octanol–water partition coefficient (Wildman–Crippen LogP) is 2.12. The van der Waals surface area contributed by atoms with Crippen molar-refractivity contribution in [2.75, 3.05) is 19.6 Å². The predicted molar refractivity (Wildman–Crippen MR) is 88.7 cm³/mol. The van der Waals surface area contributed by atoms with Crippen LogP contribution in [0.15, 0.2) is 40.7 Å². The summed E-state index contributed by atoms with van der Waals surface area (Å²) in [4.78, 5) is 21.8. The highest BCUT2D eigenvalue weighted by atomic mass is 16.1. The minimum Gasteiger partial charge on any atom is -0.310 e. The number of H-pyrrole nitrogens is 1. The van der Waals surface area contributed by atoms with Crippen molar-refractivity contribution < 1.29 is 0 Å². The van der Waals surface area contributed by atoms with Crippen LogP contribution in [0.1, 0.15) is 18.7 Å². The van der Waals surface area contributed by atoms with Crippen molar-refractivity contribution in [1.82, 2.24) is 14.9 Å². The fourth-order valence-electron chi connectivity index (χ4n) is 2.77. The number of hydrogen-bond acceptors (Lipinski definition) is 3. The normalized spacial score (nSPS) is 15.5. The highest BCUT2D eigenvalue weighted by Gasteiger charge is 2.10. The smallest absolute Gasteiger partial charge is 0.258 e. The van der Waals surface area contributed by atoms with Gasteiger partial charge in [0.15, 0.2) is 0 Å². The van der Waals surface area contributed by atoms with Gasteiger partial charge in [-0.05, 0) is 31.5 Å². The number of aryl methyl sites for hydroxylation is 1. The molecule has 112 valence electrons. The fraction of sp³-hybridized carbons (Fsp3) is 0.333. The van der Waals surface area contributed by atoms with Gasteiger partial charge in [0.05, 0.1) is 10.9 Å². The van der Waals surface area contributed by atoms with Crippen molar-refractivity contribution in [2.24, 2.45) is 0 Å². The molecule has 1 aliphatic rings. The maximum absolute atomic E-state index is 12.0. The van der Waals surface area contributed by atoms with Crippen LogP contribution in [0.2, 0.25) is 0 Å². The minimum atomic E-state index is -0.0554. The quantitative estimate of drug-likeness (QED) is 0.879. The zero-order valence-electron chi connectivity index (χ0n) is 12.5. The third-order valence-corrected chi connectivity index (χ3v) is 4.03.